The standard InChI is InChI=1S/C25H23ClN4O3S/c1-16-5-4-6-20(13-16)29-34(32,33)22-11-8-19(9-12-22)27-15-23-18(3)28-30(25(23)31)21-10-7-17(2)24(26)14-21/h4-15,28-29H,1-3H3. The molecule has 3 aromatic carbocycles. The lowest BCUT2D eigenvalue weighted by Crippen LogP contribution is -2.17. The van der Waals surface area contributed by atoms with Gasteiger partial charge in [-0.05, 0) is 80.4 Å². The zero-order chi connectivity index (χ0) is 24.5. The van der Waals surface area contributed by atoms with Crippen LogP contribution in [-0.2, 0) is 10.0 Å². The van der Waals surface area contributed by atoms with Crippen LogP contribution in [0, 0.1) is 20.8 Å². The molecule has 1 aromatic heterocycles. The second kappa shape index (κ2) is 9.32. The maximum atomic E-state index is 12.9. The SMILES string of the molecule is Cc1cccc(NS(=O)(=O)c2ccc(N=Cc3c(C)[nH]n(-c4ccc(C)c(Cl)c4)c3=O)cc2)c1. The van der Waals surface area contributed by atoms with E-state index in [1.165, 1.54) is 23.0 Å². The smallest absolute Gasteiger partial charge is 0.280 e. The number of anilines is 1. The van der Waals surface area contributed by atoms with Crippen LogP contribution in [0.5, 0.6) is 0 Å². The number of sulfonamides is 1. The minimum absolute atomic E-state index is 0.115. The van der Waals surface area contributed by atoms with E-state index in [0.29, 0.717) is 33.3 Å². The Hall–Kier alpha value is -3.62. The number of aryl methyl sites for hydroxylation is 3. The summed E-state index contributed by atoms with van der Waals surface area (Å²) in [5, 5.41) is 3.60. The number of hydrogen-bond donors (Lipinski definition) is 2. The van der Waals surface area contributed by atoms with Crippen LogP contribution < -0.4 is 10.3 Å². The highest BCUT2D eigenvalue weighted by atomic mass is 35.5. The molecule has 9 heteroatoms. The highest BCUT2D eigenvalue weighted by Gasteiger charge is 2.15. The fourth-order valence-corrected chi connectivity index (χ4v) is 4.61. The van der Waals surface area contributed by atoms with Gasteiger partial charge >= 0.3 is 0 Å². The highest BCUT2D eigenvalue weighted by Crippen LogP contribution is 2.21. The Morgan fingerprint density at radius 1 is 1.00 bits per heavy atom. The molecule has 0 saturated heterocycles. The average molecular weight is 495 g/mol. The van der Waals surface area contributed by atoms with E-state index < -0.39 is 10.0 Å². The summed E-state index contributed by atoms with van der Waals surface area (Å²) in [4.78, 5) is 17.4. The molecule has 0 fully saturated rings. The largest absolute Gasteiger partial charge is 0.295 e. The third-order valence-electron chi connectivity index (χ3n) is 5.29. The number of H-pyrrole nitrogens is 1. The van der Waals surface area contributed by atoms with Crippen molar-refractivity contribution in [3.05, 3.63) is 104 Å². The maximum absolute atomic E-state index is 12.9. The molecule has 0 aliphatic heterocycles. The number of nitrogens with one attached hydrogen (secondary N) is 2. The third-order valence-corrected chi connectivity index (χ3v) is 7.10. The minimum atomic E-state index is -3.73. The molecule has 0 aliphatic rings. The average Bonchev–Trinajstić information content (AvgIpc) is 3.07. The summed E-state index contributed by atoms with van der Waals surface area (Å²) in [7, 11) is -3.73. The van der Waals surface area contributed by atoms with Crippen molar-refractivity contribution in [3.63, 3.8) is 0 Å². The van der Waals surface area contributed by atoms with Crippen LogP contribution >= 0.6 is 11.6 Å². The number of hydrogen-bond acceptors (Lipinski definition) is 4. The van der Waals surface area contributed by atoms with Gasteiger partial charge in [0.1, 0.15) is 0 Å². The van der Waals surface area contributed by atoms with Crippen LogP contribution in [0.1, 0.15) is 22.4 Å². The van der Waals surface area contributed by atoms with Crippen LogP contribution in [0.2, 0.25) is 5.02 Å². The van der Waals surface area contributed by atoms with Gasteiger partial charge in [0, 0.05) is 22.6 Å². The quantitative estimate of drug-likeness (QED) is 0.356. The third kappa shape index (κ3) is 4.98. The van der Waals surface area contributed by atoms with Gasteiger partial charge in [0.25, 0.3) is 15.6 Å². The van der Waals surface area contributed by atoms with Crippen LogP contribution in [0.25, 0.3) is 5.69 Å². The molecule has 4 rings (SSSR count). The van der Waals surface area contributed by atoms with E-state index in [1.54, 1.807) is 43.3 Å². The first-order valence-corrected chi connectivity index (χ1v) is 12.3. The molecular weight excluding hydrogens is 472 g/mol. The van der Waals surface area contributed by atoms with Crippen molar-refractivity contribution < 1.29 is 8.42 Å². The number of rotatable bonds is 6. The summed E-state index contributed by atoms with van der Waals surface area (Å²) in [5.74, 6) is 0. The number of nitrogens with zero attached hydrogens (tertiary/aromatic N) is 2. The van der Waals surface area contributed by atoms with Gasteiger partial charge < -0.3 is 0 Å². The fourth-order valence-electron chi connectivity index (χ4n) is 3.39. The van der Waals surface area contributed by atoms with E-state index >= 15 is 0 Å². The van der Waals surface area contributed by atoms with Gasteiger partial charge in [0.15, 0.2) is 0 Å². The molecule has 4 aromatic rings. The summed E-state index contributed by atoms with van der Waals surface area (Å²) in [6.45, 7) is 5.56. The molecule has 0 bridgehead atoms. The zero-order valence-electron chi connectivity index (χ0n) is 18.8. The van der Waals surface area contributed by atoms with E-state index in [9.17, 15) is 13.2 Å². The first kappa shape index (κ1) is 23.5. The Kier molecular flexibility index (Phi) is 6.45. The fraction of sp³-hybridized carbons (Fsp3) is 0.120. The van der Waals surface area contributed by atoms with Crippen molar-refractivity contribution in [2.75, 3.05) is 4.72 Å². The number of aromatic amines is 1. The van der Waals surface area contributed by atoms with Crippen LogP contribution in [0.4, 0.5) is 11.4 Å². The zero-order valence-corrected chi connectivity index (χ0v) is 20.4. The second-order valence-corrected chi connectivity index (χ2v) is 10.0. The first-order chi connectivity index (χ1) is 16.1. The Morgan fingerprint density at radius 2 is 1.74 bits per heavy atom. The van der Waals surface area contributed by atoms with Crippen LogP contribution in [0.3, 0.4) is 0 Å². The molecule has 0 amide bonds. The van der Waals surface area contributed by atoms with E-state index in [4.69, 9.17) is 11.6 Å². The molecule has 0 spiro atoms. The summed E-state index contributed by atoms with van der Waals surface area (Å²) in [6.07, 6.45) is 1.47. The van der Waals surface area contributed by atoms with Crippen molar-refractivity contribution in [1.29, 1.82) is 0 Å². The molecule has 0 radical (unpaired) electrons. The summed E-state index contributed by atoms with van der Waals surface area (Å²) in [5.41, 5.74) is 4.29. The van der Waals surface area contributed by atoms with Crippen molar-refractivity contribution in [2.24, 2.45) is 4.99 Å². The van der Waals surface area contributed by atoms with Crippen molar-refractivity contribution in [2.45, 2.75) is 25.7 Å². The van der Waals surface area contributed by atoms with Gasteiger partial charge in [-0.1, -0.05) is 29.8 Å². The lowest BCUT2D eigenvalue weighted by molar-refractivity contribution is 0.601. The monoisotopic (exact) mass is 494 g/mol. The van der Waals surface area contributed by atoms with Crippen molar-refractivity contribution in [3.8, 4) is 5.69 Å². The summed E-state index contributed by atoms with van der Waals surface area (Å²) in [6, 6.07) is 18.6. The molecule has 7 nitrogen and oxygen atoms in total. The second-order valence-electron chi connectivity index (χ2n) is 7.95. The summed E-state index contributed by atoms with van der Waals surface area (Å²) < 4.78 is 29.3. The molecule has 0 atom stereocenters. The Morgan fingerprint density at radius 3 is 2.41 bits per heavy atom. The van der Waals surface area contributed by atoms with E-state index in [-0.39, 0.29) is 10.5 Å². The molecule has 174 valence electrons. The maximum Gasteiger partial charge on any atom is 0.280 e. The molecule has 0 aliphatic carbocycles. The van der Waals surface area contributed by atoms with E-state index in [2.05, 4.69) is 14.8 Å². The number of benzene rings is 3. The van der Waals surface area contributed by atoms with Crippen molar-refractivity contribution in [1.82, 2.24) is 9.78 Å². The van der Waals surface area contributed by atoms with Gasteiger partial charge in [-0.3, -0.25) is 19.6 Å². The van der Waals surface area contributed by atoms with E-state index in [1.807, 2.05) is 32.0 Å². The van der Waals surface area contributed by atoms with Gasteiger partial charge in [0.05, 0.1) is 21.8 Å². The Labute approximate surface area is 202 Å². The number of aliphatic imine (C=N–C) groups is 1. The van der Waals surface area contributed by atoms with Crippen molar-refractivity contribution >= 4 is 39.2 Å². The molecule has 1 heterocycles. The molecular formula is C25H23ClN4O3S. The minimum Gasteiger partial charge on any atom is -0.295 e. The van der Waals surface area contributed by atoms with Crippen LogP contribution in [0.15, 0.2) is 81.4 Å². The van der Waals surface area contributed by atoms with Gasteiger partial charge in [-0.2, -0.15) is 0 Å². The molecule has 2 N–H and O–H groups in total. The highest BCUT2D eigenvalue weighted by molar-refractivity contribution is 7.92. The first-order valence-electron chi connectivity index (χ1n) is 10.5. The predicted octanol–water partition coefficient (Wildman–Crippen LogP) is 5.30. The lowest BCUT2D eigenvalue weighted by Gasteiger charge is -2.08. The normalized spacial score (nSPS) is 11.8. The molecule has 0 unspecified atom stereocenters. The van der Waals surface area contributed by atoms with Crippen LogP contribution in [-0.4, -0.2) is 24.4 Å². The Balaban J connectivity index is 1.55. The Bertz CT molecular complexity index is 1550. The molecule has 0 saturated carbocycles. The van der Waals surface area contributed by atoms with Gasteiger partial charge in [-0.25, -0.2) is 13.1 Å². The molecule has 34 heavy (non-hydrogen) atoms. The van der Waals surface area contributed by atoms with Gasteiger partial charge in [-0.15, -0.1) is 0 Å². The van der Waals surface area contributed by atoms with E-state index in [0.717, 1.165) is 11.1 Å². The van der Waals surface area contributed by atoms with Gasteiger partial charge in [0.2, 0.25) is 0 Å². The summed E-state index contributed by atoms with van der Waals surface area (Å²) >= 11 is 6.20. The number of aromatic nitrogens is 2. The number of halogens is 1. The predicted molar refractivity (Wildman–Crippen MR) is 137 cm³/mol. The topological polar surface area (TPSA) is 96.3 Å². The lowest BCUT2D eigenvalue weighted by atomic mass is 10.2.